The number of hydrogen-bond acceptors (Lipinski definition) is 4. The van der Waals surface area contributed by atoms with Crippen molar-refractivity contribution in [2.24, 2.45) is 17.1 Å². The molecule has 5 nitrogen and oxygen atoms in total. The van der Waals surface area contributed by atoms with Gasteiger partial charge in [0.1, 0.15) is 0 Å². The number of nitrogens with one attached hydrogen (secondary N) is 1. The van der Waals surface area contributed by atoms with Crippen molar-refractivity contribution in [3.63, 3.8) is 0 Å². The Labute approximate surface area is 125 Å². The van der Waals surface area contributed by atoms with E-state index in [4.69, 9.17) is 5.73 Å². The van der Waals surface area contributed by atoms with Gasteiger partial charge >= 0.3 is 0 Å². The lowest BCUT2D eigenvalue weighted by Gasteiger charge is -2.44. The zero-order valence-corrected chi connectivity index (χ0v) is 13.2. The second-order valence-corrected chi connectivity index (χ2v) is 8.11. The van der Waals surface area contributed by atoms with E-state index in [0.29, 0.717) is 19.0 Å². The molecule has 0 atom stereocenters. The molecule has 0 aliphatic heterocycles. The fourth-order valence-corrected chi connectivity index (χ4v) is 3.57. The van der Waals surface area contributed by atoms with Crippen molar-refractivity contribution in [3.8, 4) is 0 Å². The van der Waals surface area contributed by atoms with Gasteiger partial charge in [0.2, 0.25) is 5.91 Å². The highest BCUT2D eigenvalue weighted by Gasteiger charge is 2.46. The van der Waals surface area contributed by atoms with Crippen LogP contribution in [0.3, 0.4) is 0 Å². The molecule has 1 amide bonds. The second kappa shape index (κ2) is 5.77. The molecular formula is C15H22N2O3S. The van der Waals surface area contributed by atoms with Gasteiger partial charge in [-0.1, -0.05) is 19.1 Å². The fourth-order valence-electron chi connectivity index (χ4n) is 2.94. The van der Waals surface area contributed by atoms with Crippen LogP contribution in [0.4, 0.5) is 0 Å². The van der Waals surface area contributed by atoms with E-state index in [0.717, 1.165) is 18.4 Å². The molecular weight excluding hydrogens is 288 g/mol. The number of hydrogen-bond donors (Lipinski definition) is 2. The van der Waals surface area contributed by atoms with Crippen molar-refractivity contribution in [2.75, 3.05) is 12.8 Å². The predicted octanol–water partition coefficient (Wildman–Crippen LogP) is 1.08. The molecule has 0 heterocycles. The van der Waals surface area contributed by atoms with Crippen molar-refractivity contribution in [2.45, 2.75) is 31.2 Å². The van der Waals surface area contributed by atoms with Gasteiger partial charge in [-0.2, -0.15) is 0 Å². The molecule has 21 heavy (non-hydrogen) atoms. The van der Waals surface area contributed by atoms with E-state index in [9.17, 15) is 13.2 Å². The van der Waals surface area contributed by atoms with Gasteiger partial charge < -0.3 is 11.1 Å². The van der Waals surface area contributed by atoms with Gasteiger partial charge in [-0.05, 0) is 36.5 Å². The first-order valence-electron chi connectivity index (χ1n) is 7.04. The third kappa shape index (κ3) is 3.44. The van der Waals surface area contributed by atoms with Crippen molar-refractivity contribution < 1.29 is 13.2 Å². The van der Waals surface area contributed by atoms with E-state index in [1.807, 2.05) is 0 Å². The summed E-state index contributed by atoms with van der Waals surface area (Å²) < 4.78 is 22.7. The molecule has 0 aromatic heterocycles. The van der Waals surface area contributed by atoms with E-state index >= 15 is 0 Å². The Morgan fingerprint density at radius 1 is 1.33 bits per heavy atom. The monoisotopic (exact) mass is 310 g/mol. The molecule has 1 aromatic carbocycles. The molecule has 0 saturated heterocycles. The van der Waals surface area contributed by atoms with Crippen LogP contribution in [0.15, 0.2) is 29.2 Å². The highest BCUT2D eigenvalue weighted by molar-refractivity contribution is 7.90. The van der Waals surface area contributed by atoms with Gasteiger partial charge in [0.15, 0.2) is 9.84 Å². The third-order valence-corrected chi connectivity index (χ3v) is 5.28. The molecule has 0 spiro atoms. The van der Waals surface area contributed by atoms with Crippen LogP contribution in [0, 0.1) is 11.3 Å². The summed E-state index contributed by atoms with van der Waals surface area (Å²) in [6.07, 6.45) is 2.84. The van der Waals surface area contributed by atoms with Crippen LogP contribution < -0.4 is 11.1 Å². The summed E-state index contributed by atoms with van der Waals surface area (Å²) >= 11 is 0. The maximum atomic E-state index is 12.2. The molecule has 1 saturated carbocycles. The summed E-state index contributed by atoms with van der Waals surface area (Å²) in [6, 6.07) is 6.55. The molecule has 6 heteroatoms. The molecule has 1 aliphatic carbocycles. The molecule has 1 aromatic rings. The van der Waals surface area contributed by atoms with E-state index in [2.05, 4.69) is 12.2 Å². The van der Waals surface area contributed by atoms with Gasteiger partial charge in [-0.25, -0.2) is 8.42 Å². The predicted molar refractivity (Wildman–Crippen MR) is 81.3 cm³/mol. The minimum Gasteiger partial charge on any atom is -0.352 e. The first kappa shape index (κ1) is 16.0. The Bertz CT molecular complexity index is 617. The minimum absolute atomic E-state index is 0.00436. The van der Waals surface area contributed by atoms with Crippen LogP contribution in [0.1, 0.15) is 25.3 Å². The Hall–Kier alpha value is -1.40. The quantitative estimate of drug-likeness (QED) is 0.851. The normalized spacial score (nSPS) is 25.2. The van der Waals surface area contributed by atoms with Gasteiger partial charge in [0.05, 0.1) is 10.3 Å². The van der Waals surface area contributed by atoms with Crippen molar-refractivity contribution in [1.82, 2.24) is 5.32 Å². The standard InChI is InChI=1S/C15H22N2O3S/c1-11-7-15(8-11,10-16)14(18)17-9-12-3-5-13(6-4-12)21(2,19)20/h3-6,11H,7-10,16H2,1-2H3,(H,17,18). The highest BCUT2D eigenvalue weighted by atomic mass is 32.2. The number of carbonyl (C=O) groups is 1. The lowest BCUT2D eigenvalue weighted by Crippen LogP contribution is -2.53. The van der Waals surface area contributed by atoms with Crippen LogP contribution >= 0.6 is 0 Å². The lowest BCUT2D eigenvalue weighted by molar-refractivity contribution is -0.138. The van der Waals surface area contributed by atoms with Gasteiger partial charge in [0, 0.05) is 19.3 Å². The summed E-state index contributed by atoms with van der Waals surface area (Å²) in [7, 11) is -3.18. The second-order valence-electron chi connectivity index (χ2n) is 6.10. The molecule has 116 valence electrons. The SMILES string of the molecule is CC1CC(CN)(C(=O)NCc2ccc(S(C)(=O)=O)cc2)C1. The Morgan fingerprint density at radius 3 is 2.33 bits per heavy atom. The van der Waals surface area contributed by atoms with Crippen molar-refractivity contribution in [3.05, 3.63) is 29.8 Å². The summed E-state index contributed by atoms with van der Waals surface area (Å²) in [4.78, 5) is 12.5. The third-order valence-electron chi connectivity index (χ3n) is 4.16. The van der Waals surface area contributed by atoms with Crippen molar-refractivity contribution in [1.29, 1.82) is 0 Å². The van der Waals surface area contributed by atoms with E-state index in [1.165, 1.54) is 6.26 Å². The number of carbonyl (C=O) groups excluding carboxylic acids is 1. The first-order valence-corrected chi connectivity index (χ1v) is 8.93. The molecule has 1 aliphatic rings. The number of benzene rings is 1. The van der Waals surface area contributed by atoms with E-state index < -0.39 is 15.3 Å². The number of amides is 1. The molecule has 0 radical (unpaired) electrons. The van der Waals surface area contributed by atoms with Crippen molar-refractivity contribution >= 4 is 15.7 Å². The van der Waals surface area contributed by atoms with Crippen LogP contribution in [-0.4, -0.2) is 27.1 Å². The number of sulfone groups is 1. The van der Waals surface area contributed by atoms with Crippen LogP contribution in [0.2, 0.25) is 0 Å². The summed E-state index contributed by atoms with van der Waals surface area (Å²) in [5.74, 6) is 0.545. The van der Waals surface area contributed by atoms with E-state index in [-0.39, 0.29) is 10.8 Å². The summed E-state index contributed by atoms with van der Waals surface area (Å²) in [5.41, 5.74) is 6.20. The number of nitrogens with two attached hydrogens (primary N) is 1. The maximum Gasteiger partial charge on any atom is 0.227 e. The van der Waals surface area contributed by atoms with Crippen LogP contribution in [0.5, 0.6) is 0 Å². The maximum absolute atomic E-state index is 12.2. The zero-order chi connectivity index (χ0) is 15.7. The average Bonchev–Trinajstić information content (AvgIpc) is 2.40. The van der Waals surface area contributed by atoms with Crippen LogP contribution in [0.25, 0.3) is 0 Å². The Morgan fingerprint density at radius 2 is 1.90 bits per heavy atom. The topological polar surface area (TPSA) is 89.3 Å². The smallest absolute Gasteiger partial charge is 0.227 e. The molecule has 3 N–H and O–H groups in total. The Kier molecular flexibility index (Phi) is 4.39. The Balaban J connectivity index is 1.96. The highest BCUT2D eigenvalue weighted by Crippen LogP contribution is 2.44. The van der Waals surface area contributed by atoms with E-state index in [1.54, 1.807) is 24.3 Å². The molecule has 0 unspecified atom stereocenters. The van der Waals surface area contributed by atoms with Gasteiger partial charge in [-0.15, -0.1) is 0 Å². The first-order chi connectivity index (χ1) is 9.77. The fraction of sp³-hybridized carbons (Fsp3) is 0.533. The van der Waals surface area contributed by atoms with Gasteiger partial charge in [0.25, 0.3) is 0 Å². The summed E-state index contributed by atoms with van der Waals surface area (Å²) in [5, 5.41) is 2.90. The minimum atomic E-state index is -3.18. The van der Waals surface area contributed by atoms with Gasteiger partial charge in [-0.3, -0.25) is 4.79 Å². The molecule has 1 fully saturated rings. The lowest BCUT2D eigenvalue weighted by atomic mass is 9.62. The summed E-state index contributed by atoms with van der Waals surface area (Å²) in [6.45, 7) is 2.88. The zero-order valence-electron chi connectivity index (χ0n) is 12.4. The van der Waals surface area contributed by atoms with Crippen LogP contribution in [-0.2, 0) is 21.2 Å². The molecule has 2 rings (SSSR count). The largest absolute Gasteiger partial charge is 0.352 e. The average molecular weight is 310 g/mol. The molecule has 0 bridgehead atoms. The number of rotatable bonds is 5.